The molecule has 0 radical (unpaired) electrons. The van der Waals surface area contributed by atoms with Crippen LogP contribution in [0, 0.1) is 0 Å². The third-order valence-corrected chi connectivity index (χ3v) is 4.41. The molecule has 5 nitrogen and oxygen atoms in total. The largest absolute Gasteiger partial charge is 0.465 e. The standard InChI is InChI=1S/C18H26N2O3/c1-20(16-10-5-3-4-6-11-16)13-17(21)19-15-9-7-8-14(12-15)18(22)23-2/h7-9,12,16H,3-6,10-11,13H2,1-2H3,(H,19,21). The summed E-state index contributed by atoms with van der Waals surface area (Å²) in [5.41, 5.74) is 1.05. The van der Waals surface area contributed by atoms with Crippen molar-refractivity contribution in [1.82, 2.24) is 4.90 Å². The fourth-order valence-electron chi connectivity index (χ4n) is 3.10. The first-order valence-electron chi connectivity index (χ1n) is 8.28. The number of carbonyl (C=O) groups excluding carboxylic acids is 2. The van der Waals surface area contributed by atoms with Crippen LogP contribution in [0.4, 0.5) is 5.69 Å². The molecule has 2 rings (SSSR count). The second kappa shape index (κ2) is 8.67. The molecule has 0 unspecified atom stereocenters. The molecule has 0 bridgehead atoms. The maximum absolute atomic E-state index is 12.2. The lowest BCUT2D eigenvalue weighted by Gasteiger charge is -2.26. The molecule has 1 aliphatic carbocycles. The highest BCUT2D eigenvalue weighted by Gasteiger charge is 2.19. The molecule has 1 N–H and O–H groups in total. The summed E-state index contributed by atoms with van der Waals surface area (Å²) >= 11 is 0. The number of nitrogens with zero attached hydrogens (tertiary/aromatic N) is 1. The van der Waals surface area contributed by atoms with Gasteiger partial charge in [0.05, 0.1) is 19.2 Å². The number of carbonyl (C=O) groups is 2. The van der Waals surface area contributed by atoms with Crippen molar-refractivity contribution in [3.05, 3.63) is 29.8 Å². The van der Waals surface area contributed by atoms with Gasteiger partial charge in [0.2, 0.25) is 5.91 Å². The highest BCUT2D eigenvalue weighted by molar-refractivity contribution is 5.95. The Morgan fingerprint density at radius 2 is 1.91 bits per heavy atom. The van der Waals surface area contributed by atoms with Gasteiger partial charge in [-0.2, -0.15) is 0 Å². The van der Waals surface area contributed by atoms with E-state index in [4.69, 9.17) is 4.74 Å². The predicted octanol–water partition coefficient (Wildman–Crippen LogP) is 3.07. The highest BCUT2D eigenvalue weighted by Crippen LogP contribution is 2.21. The average molecular weight is 318 g/mol. The quantitative estimate of drug-likeness (QED) is 0.669. The molecule has 1 saturated carbocycles. The Hall–Kier alpha value is -1.88. The summed E-state index contributed by atoms with van der Waals surface area (Å²) < 4.78 is 4.69. The lowest BCUT2D eigenvalue weighted by atomic mass is 10.1. The summed E-state index contributed by atoms with van der Waals surface area (Å²) in [5, 5.41) is 2.86. The normalized spacial score (nSPS) is 16.0. The SMILES string of the molecule is COC(=O)c1cccc(NC(=O)CN(C)C2CCCCCC2)c1. The Kier molecular flexibility index (Phi) is 6.59. The number of hydrogen-bond donors (Lipinski definition) is 1. The number of anilines is 1. The molecule has 126 valence electrons. The molecule has 0 aromatic heterocycles. The van der Waals surface area contributed by atoms with Crippen LogP contribution in [0.3, 0.4) is 0 Å². The van der Waals surface area contributed by atoms with Gasteiger partial charge in [-0.25, -0.2) is 4.79 Å². The number of ether oxygens (including phenoxy) is 1. The number of methoxy groups -OCH3 is 1. The summed E-state index contributed by atoms with van der Waals surface area (Å²) in [6.07, 6.45) is 7.44. The van der Waals surface area contributed by atoms with Gasteiger partial charge >= 0.3 is 5.97 Å². The lowest BCUT2D eigenvalue weighted by Crippen LogP contribution is -2.37. The predicted molar refractivity (Wildman–Crippen MR) is 90.5 cm³/mol. The molecule has 1 aromatic carbocycles. The van der Waals surface area contributed by atoms with Gasteiger partial charge in [-0.15, -0.1) is 0 Å². The van der Waals surface area contributed by atoms with Gasteiger partial charge in [0.1, 0.15) is 0 Å². The van der Waals surface area contributed by atoms with Gasteiger partial charge in [-0.1, -0.05) is 31.7 Å². The van der Waals surface area contributed by atoms with Gasteiger partial charge in [0.25, 0.3) is 0 Å². The third kappa shape index (κ3) is 5.36. The lowest BCUT2D eigenvalue weighted by molar-refractivity contribution is -0.117. The van der Waals surface area contributed by atoms with Crippen molar-refractivity contribution in [3.8, 4) is 0 Å². The van der Waals surface area contributed by atoms with E-state index in [9.17, 15) is 9.59 Å². The second-order valence-corrected chi connectivity index (χ2v) is 6.18. The number of amides is 1. The van der Waals surface area contributed by atoms with Gasteiger partial charge in [-0.3, -0.25) is 9.69 Å². The Bertz CT molecular complexity index is 537. The van der Waals surface area contributed by atoms with Crippen LogP contribution >= 0.6 is 0 Å². The molecular formula is C18H26N2O3. The van der Waals surface area contributed by atoms with Crippen molar-refractivity contribution in [3.63, 3.8) is 0 Å². The number of esters is 1. The van der Waals surface area contributed by atoms with E-state index in [-0.39, 0.29) is 5.91 Å². The number of benzene rings is 1. The van der Waals surface area contributed by atoms with E-state index in [0.29, 0.717) is 23.8 Å². The van der Waals surface area contributed by atoms with Crippen molar-refractivity contribution >= 4 is 17.6 Å². The van der Waals surface area contributed by atoms with Crippen LogP contribution < -0.4 is 5.32 Å². The number of nitrogens with one attached hydrogen (secondary N) is 1. The Morgan fingerprint density at radius 3 is 2.57 bits per heavy atom. The minimum absolute atomic E-state index is 0.0567. The minimum atomic E-state index is -0.406. The number of likely N-dealkylation sites (N-methyl/N-ethyl adjacent to an activating group) is 1. The molecule has 0 spiro atoms. The fourth-order valence-corrected chi connectivity index (χ4v) is 3.10. The first-order chi connectivity index (χ1) is 11.1. The number of rotatable bonds is 5. The Morgan fingerprint density at radius 1 is 1.22 bits per heavy atom. The van der Waals surface area contributed by atoms with E-state index in [2.05, 4.69) is 10.2 Å². The van der Waals surface area contributed by atoms with Crippen LogP contribution in [0.1, 0.15) is 48.9 Å². The minimum Gasteiger partial charge on any atom is -0.465 e. The maximum Gasteiger partial charge on any atom is 0.337 e. The molecule has 1 aliphatic rings. The Labute approximate surface area is 138 Å². The molecule has 1 amide bonds. The average Bonchev–Trinajstić information content (AvgIpc) is 2.83. The first kappa shape index (κ1) is 17.5. The molecular weight excluding hydrogens is 292 g/mol. The van der Waals surface area contributed by atoms with Crippen molar-refractivity contribution in [2.24, 2.45) is 0 Å². The zero-order valence-corrected chi connectivity index (χ0v) is 14.0. The summed E-state index contributed by atoms with van der Waals surface area (Å²) in [6.45, 7) is 0.368. The molecule has 0 saturated heterocycles. The van der Waals surface area contributed by atoms with Crippen LogP contribution in [-0.4, -0.2) is 43.5 Å². The highest BCUT2D eigenvalue weighted by atomic mass is 16.5. The molecule has 23 heavy (non-hydrogen) atoms. The molecule has 0 aliphatic heterocycles. The van der Waals surface area contributed by atoms with Crippen LogP contribution in [0.2, 0.25) is 0 Å². The number of hydrogen-bond acceptors (Lipinski definition) is 4. The topological polar surface area (TPSA) is 58.6 Å². The molecule has 5 heteroatoms. The van der Waals surface area contributed by atoms with E-state index in [0.717, 1.165) is 0 Å². The smallest absolute Gasteiger partial charge is 0.337 e. The maximum atomic E-state index is 12.2. The van der Waals surface area contributed by atoms with Gasteiger partial charge in [0, 0.05) is 11.7 Å². The van der Waals surface area contributed by atoms with Gasteiger partial charge in [-0.05, 0) is 38.1 Å². The summed E-state index contributed by atoms with van der Waals surface area (Å²) in [5.74, 6) is -0.463. The van der Waals surface area contributed by atoms with E-state index >= 15 is 0 Å². The van der Waals surface area contributed by atoms with E-state index in [1.807, 2.05) is 7.05 Å². The summed E-state index contributed by atoms with van der Waals surface area (Å²) in [6, 6.07) is 7.30. The molecule has 0 heterocycles. The Balaban J connectivity index is 1.90. The molecule has 0 atom stereocenters. The van der Waals surface area contributed by atoms with E-state index in [1.165, 1.54) is 45.6 Å². The van der Waals surface area contributed by atoms with E-state index < -0.39 is 5.97 Å². The molecule has 1 aromatic rings. The first-order valence-corrected chi connectivity index (χ1v) is 8.28. The molecule has 1 fully saturated rings. The van der Waals surface area contributed by atoms with Gasteiger partial charge in [0.15, 0.2) is 0 Å². The van der Waals surface area contributed by atoms with Crippen LogP contribution in [0.25, 0.3) is 0 Å². The zero-order chi connectivity index (χ0) is 16.7. The van der Waals surface area contributed by atoms with Crippen LogP contribution in [-0.2, 0) is 9.53 Å². The van der Waals surface area contributed by atoms with Crippen LogP contribution in [0.15, 0.2) is 24.3 Å². The van der Waals surface area contributed by atoms with Crippen molar-refractivity contribution < 1.29 is 14.3 Å². The fraction of sp³-hybridized carbons (Fsp3) is 0.556. The van der Waals surface area contributed by atoms with Gasteiger partial charge < -0.3 is 10.1 Å². The van der Waals surface area contributed by atoms with Crippen molar-refractivity contribution in [2.75, 3.05) is 26.0 Å². The summed E-state index contributed by atoms with van der Waals surface area (Å²) in [4.78, 5) is 25.9. The zero-order valence-electron chi connectivity index (χ0n) is 14.0. The summed E-state index contributed by atoms with van der Waals surface area (Å²) in [7, 11) is 3.36. The van der Waals surface area contributed by atoms with Crippen molar-refractivity contribution in [2.45, 2.75) is 44.6 Å². The van der Waals surface area contributed by atoms with Crippen LogP contribution in [0.5, 0.6) is 0 Å². The third-order valence-electron chi connectivity index (χ3n) is 4.41. The van der Waals surface area contributed by atoms with E-state index in [1.54, 1.807) is 24.3 Å². The monoisotopic (exact) mass is 318 g/mol. The van der Waals surface area contributed by atoms with Crippen molar-refractivity contribution in [1.29, 1.82) is 0 Å². The second-order valence-electron chi connectivity index (χ2n) is 6.18.